The van der Waals surface area contributed by atoms with Crippen LogP contribution in [-0.2, 0) is 17.8 Å². The standard InChI is InChI=1S/C25H24N2O5/c1-3-21-20(19-10-4-5-11-22(19)32-21)15-27(2)24(28)16-31-18-9-6-8-17(14-18)26-25(29)23-12-7-13-30-23/h4-14H,3,15-16H2,1-2H3,(H,26,29). The van der Waals surface area contributed by atoms with Crippen LogP contribution in [0.1, 0.15) is 28.8 Å². The number of anilines is 1. The van der Waals surface area contributed by atoms with Crippen molar-refractivity contribution in [2.75, 3.05) is 19.0 Å². The van der Waals surface area contributed by atoms with E-state index in [0.717, 1.165) is 28.7 Å². The van der Waals surface area contributed by atoms with Gasteiger partial charge in [0.25, 0.3) is 11.8 Å². The van der Waals surface area contributed by atoms with E-state index in [9.17, 15) is 9.59 Å². The minimum Gasteiger partial charge on any atom is -0.484 e. The van der Waals surface area contributed by atoms with Gasteiger partial charge in [0, 0.05) is 42.7 Å². The molecule has 32 heavy (non-hydrogen) atoms. The van der Waals surface area contributed by atoms with Crippen LogP contribution in [0.25, 0.3) is 11.0 Å². The van der Waals surface area contributed by atoms with Crippen LogP contribution in [0.3, 0.4) is 0 Å². The highest BCUT2D eigenvalue weighted by atomic mass is 16.5. The Morgan fingerprint density at radius 2 is 1.91 bits per heavy atom. The van der Waals surface area contributed by atoms with Crippen molar-refractivity contribution >= 4 is 28.5 Å². The van der Waals surface area contributed by atoms with Crippen LogP contribution in [0.15, 0.2) is 75.8 Å². The summed E-state index contributed by atoms with van der Waals surface area (Å²) in [6, 6.07) is 17.9. The second-order valence-electron chi connectivity index (χ2n) is 7.35. The summed E-state index contributed by atoms with van der Waals surface area (Å²) in [5.74, 6) is 1.05. The molecule has 0 aliphatic carbocycles. The molecule has 0 saturated carbocycles. The monoisotopic (exact) mass is 432 g/mol. The lowest BCUT2D eigenvalue weighted by molar-refractivity contribution is -0.132. The Balaban J connectivity index is 1.37. The van der Waals surface area contributed by atoms with E-state index in [0.29, 0.717) is 18.0 Å². The van der Waals surface area contributed by atoms with Crippen LogP contribution in [0.4, 0.5) is 5.69 Å². The summed E-state index contributed by atoms with van der Waals surface area (Å²) in [7, 11) is 1.74. The lowest BCUT2D eigenvalue weighted by atomic mass is 10.1. The number of nitrogens with one attached hydrogen (secondary N) is 1. The number of amides is 2. The predicted octanol–water partition coefficient (Wildman–Crippen LogP) is 4.88. The number of likely N-dealkylation sites (N-methyl/N-ethyl adjacent to an activating group) is 1. The molecule has 164 valence electrons. The first-order valence-electron chi connectivity index (χ1n) is 10.4. The van der Waals surface area contributed by atoms with Gasteiger partial charge in [-0.2, -0.15) is 0 Å². The van der Waals surface area contributed by atoms with Crippen LogP contribution in [0, 0.1) is 0 Å². The van der Waals surface area contributed by atoms with E-state index in [1.54, 1.807) is 48.3 Å². The van der Waals surface area contributed by atoms with Gasteiger partial charge in [-0.15, -0.1) is 0 Å². The molecule has 0 unspecified atom stereocenters. The molecule has 2 amide bonds. The molecule has 0 aliphatic rings. The van der Waals surface area contributed by atoms with Crippen molar-refractivity contribution in [3.8, 4) is 5.75 Å². The molecule has 2 aromatic carbocycles. The molecule has 0 bridgehead atoms. The number of ether oxygens (including phenoxy) is 1. The van der Waals surface area contributed by atoms with E-state index in [1.165, 1.54) is 6.26 Å². The zero-order valence-corrected chi connectivity index (χ0v) is 18.0. The van der Waals surface area contributed by atoms with E-state index in [1.807, 2.05) is 31.2 Å². The fourth-order valence-electron chi connectivity index (χ4n) is 3.45. The Labute approximate surface area is 185 Å². The van der Waals surface area contributed by atoms with E-state index >= 15 is 0 Å². The van der Waals surface area contributed by atoms with Gasteiger partial charge < -0.3 is 23.8 Å². The van der Waals surface area contributed by atoms with Gasteiger partial charge in [-0.1, -0.05) is 31.2 Å². The number of aryl methyl sites for hydroxylation is 1. The van der Waals surface area contributed by atoms with E-state index in [-0.39, 0.29) is 24.2 Å². The number of carbonyl (C=O) groups is 2. The molecule has 7 heteroatoms. The Kier molecular flexibility index (Phi) is 6.26. The quantitative estimate of drug-likeness (QED) is 0.429. The molecule has 0 atom stereocenters. The van der Waals surface area contributed by atoms with Crippen molar-refractivity contribution in [1.82, 2.24) is 4.90 Å². The molecule has 0 spiro atoms. The van der Waals surface area contributed by atoms with Crippen molar-refractivity contribution < 1.29 is 23.2 Å². The molecular formula is C25H24N2O5. The Bertz CT molecular complexity index is 1230. The van der Waals surface area contributed by atoms with Crippen molar-refractivity contribution in [2.45, 2.75) is 19.9 Å². The van der Waals surface area contributed by atoms with Crippen LogP contribution >= 0.6 is 0 Å². The van der Waals surface area contributed by atoms with Crippen LogP contribution in [0.2, 0.25) is 0 Å². The van der Waals surface area contributed by atoms with Crippen LogP contribution < -0.4 is 10.1 Å². The molecule has 2 heterocycles. The second kappa shape index (κ2) is 9.43. The lowest BCUT2D eigenvalue weighted by Crippen LogP contribution is -2.31. The van der Waals surface area contributed by atoms with Gasteiger partial charge in [0.15, 0.2) is 12.4 Å². The van der Waals surface area contributed by atoms with Crippen molar-refractivity contribution in [1.29, 1.82) is 0 Å². The minimum atomic E-state index is -0.359. The van der Waals surface area contributed by atoms with Gasteiger partial charge in [0.05, 0.1) is 6.26 Å². The van der Waals surface area contributed by atoms with E-state index in [4.69, 9.17) is 13.6 Å². The molecule has 4 aromatic rings. The maximum absolute atomic E-state index is 12.7. The molecule has 2 aromatic heterocycles. The molecule has 7 nitrogen and oxygen atoms in total. The van der Waals surface area contributed by atoms with E-state index in [2.05, 4.69) is 5.32 Å². The zero-order chi connectivity index (χ0) is 22.5. The van der Waals surface area contributed by atoms with Gasteiger partial charge in [-0.25, -0.2) is 0 Å². The van der Waals surface area contributed by atoms with Crippen LogP contribution in [-0.4, -0.2) is 30.4 Å². The third-order valence-electron chi connectivity index (χ3n) is 5.12. The Morgan fingerprint density at radius 3 is 2.69 bits per heavy atom. The molecule has 0 aliphatic heterocycles. The summed E-state index contributed by atoms with van der Waals surface area (Å²) in [6.07, 6.45) is 2.19. The maximum Gasteiger partial charge on any atom is 0.291 e. The summed E-state index contributed by atoms with van der Waals surface area (Å²) >= 11 is 0. The predicted molar refractivity (Wildman–Crippen MR) is 121 cm³/mol. The largest absolute Gasteiger partial charge is 0.484 e. The minimum absolute atomic E-state index is 0.122. The maximum atomic E-state index is 12.7. The van der Waals surface area contributed by atoms with Crippen LogP contribution in [0.5, 0.6) is 5.75 Å². The van der Waals surface area contributed by atoms with Gasteiger partial charge in [0.2, 0.25) is 0 Å². The van der Waals surface area contributed by atoms with Gasteiger partial charge >= 0.3 is 0 Å². The SMILES string of the molecule is CCc1oc2ccccc2c1CN(C)C(=O)COc1cccc(NC(=O)c2ccco2)c1. The fraction of sp³-hybridized carbons (Fsp3) is 0.200. The van der Waals surface area contributed by atoms with Gasteiger partial charge in [-0.3, -0.25) is 9.59 Å². The number of rotatable bonds is 8. The molecule has 4 rings (SSSR count). The van der Waals surface area contributed by atoms with Crippen molar-refractivity contribution in [3.63, 3.8) is 0 Å². The number of fused-ring (bicyclic) bond motifs is 1. The van der Waals surface area contributed by atoms with Crippen molar-refractivity contribution in [2.24, 2.45) is 0 Å². The summed E-state index contributed by atoms with van der Waals surface area (Å²) in [4.78, 5) is 26.4. The molecule has 0 radical (unpaired) electrons. The Morgan fingerprint density at radius 1 is 1.06 bits per heavy atom. The summed E-state index contributed by atoms with van der Waals surface area (Å²) in [5.41, 5.74) is 2.38. The fourth-order valence-corrected chi connectivity index (χ4v) is 3.45. The topological polar surface area (TPSA) is 84.9 Å². The summed E-state index contributed by atoms with van der Waals surface area (Å²) < 4.78 is 16.7. The number of hydrogen-bond acceptors (Lipinski definition) is 5. The van der Waals surface area contributed by atoms with Gasteiger partial charge in [-0.05, 0) is 30.3 Å². The average Bonchev–Trinajstić information content (AvgIpc) is 3.46. The highest BCUT2D eigenvalue weighted by Crippen LogP contribution is 2.27. The first-order chi connectivity index (χ1) is 15.5. The third kappa shape index (κ3) is 4.67. The Hall–Kier alpha value is -4.00. The number of furan rings is 2. The average molecular weight is 432 g/mol. The number of para-hydroxylation sites is 1. The molecule has 0 saturated heterocycles. The summed E-state index contributed by atoms with van der Waals surface area (Å²) in [6.45, 7) is 2.34. The highest BCUT2D eigenvalue weighted by Gasteiger charge is 2.18. The van der Waals surface area contributed by atoms with E-state index < -0.39 is 0 Å². The second-order valence-corrected chi connectivity index (χ2v) is 7.35. The van der Waals surface area contributed by atoms with Crippen molar-refractivity contribution in [3.05, 3.63) is 84.0 Å². The molecular weight excluding hydrogens is 408 g/mol. The zero-order valence-electron chi connectivity index (χ0n) is 18.0. The number of nitrogens with zero attached hydrogens (tertiary/aromatic N) is 1. The molecule has 0 fully saturated rings. The normalized spacial score (nSPS) is 10.8. The number of benzene rings is 2. The van der Waals surface area contributed by atoms with Gasteiger partial charge in [0.1, 0.15) is 17.1 Å². The third-order valence-corrected chi connectivity index (χ3v) is 5.12. The lowest BCUT2D eigenvalue weighted by Gasteiger charge is -2.18. The first kappa shape index (κ1) is 21.2. The summed E-state index contributed by atoms with van der Waals surface area (Å²) in [5, 5.41) is 3.75. The number of hydrogen-bond donors (Lipinski definition) is 1. The highest BCUT2D eigenvalue weighted by molar-refractivity contribution is 6.02. The molecule has 1 N–H and O–H groups in total. The first-order valence-corrected chi connectivity index (χ1v) is 10.4. The smallest absolute Gasteiger partial charge is 0.291 e. The number of carbonyl (C=O) groups excluding carboxylic acids is 2.